The van der Waals surface area contributed by atoms with E-state index in [1.165, 1.54) is 4.90 Å². The Labute approximate surface area is 193 Å². The van der Waals surface area contributed by atoms with Crippen LogP contribution in [0.15, 0.2) is 24.3 Å². The number of hydrogen-bond acceptors (Lipinski definition) is 6. The molecule has 1 heterocycles. The molecule has 2 rings (SSSR count). The first-order chi connectivity index (χ1) is 14.9. The molecule has 32 heavy (non-hydrogen) atoms. The quantitative estimate of drug-likeness (QED) is 0.557. The second-order valence-corrected chi connectivity index (χ2v) is 9.99. The van der Waals surface area contributed by atoms with Crippen molar-refractivity contribution < 1.29 is 14.4 Å². The fraction of sp³-hybridized carbons (Fsp3) is 0.478. The van der Waals surface area contributed by atoms with Gasteiger partial charge in [-0.05, 0) is 68.8 Å². The van der Waals surface area contributed by atoms with Crippen molar-refractivity contribution in [2.75, 3.05) is 10.6 Å². The summed E-state index contributed by atoms with van der Waals surface area (Å²) in [7, 11) is 0. The molecular formula is C23H33N5O3S. The topological polar surface area (TPSA) is 131 Å². The van der Waals surface area contributed by atoms with Gasteiger partial charge in [0.1, 0.15) is 10.9 Å². The van der Waals surface area contributed by atoms with Gasteiger partial charge < -0.3 is 16.8 Å². The highest BCUT2D eigenvalue weighted by atomic mass is 32.1. The molecule has 1 unspecified atom stereocenters. The van der Waals surface area contributed by atoms with E-state index in [9.17, 15) is 14.4 Å². The SMILES string of the molecule is CCc1ccc(N(C(=O)c2snc(C(N)=O)c2N)C(CC(C)C)C(=O)NC(C)(C)C)cc1. The lowest BCUT2D eigenvalue weighted by atomic mass is 9.98. The van der Waals surface area contributed by atoms with Gasteiger partial charge in [-0.2, -0.15) is 4.37 Å². The number of aryl methyl sites for hydroxylation is 1. The van der Waals surface area contributed by atoms with Crippen LogP contribution in [0.3, 0.4) is 0 Å². The Kier molecular flexibility index (Phi) is 8.01. The summed E-state index contributed by atoms with van der Waals surface area (Å²) < 4.78 is 3.96. The number of nitrogens with one attached hydrogen (secondary N) is 1. The number of nitrogens with two attached hydrogens (primary N) is 2. The number of hydrogen-bond donors (Lipinski definition) is 3. The summed E-state index contributed by atoms with van der Waals surface area (Å²) in [4.78, 5) is 40.2. The van der Waals surface area contributed by atoms with Gasteiger partial charge >= 0.3 is 0 Å². The second-order valence-electron chi connectivity index (χ2n) is 9.22. The standard InChI is InChI=1S/C23H33N5O3S/c1-7-14-8-10-15(11-9-14)28(16(12-13(2)3)21(30)26-23(4,5)6)22(31)19-17(24)18(20(25)29)27-32-19/h8-11,13,16H,7,12,24H2,1-6H3,(H2,25,29)(H,26,30). The Morgan fingerprint density at radius 3 is 2.19 bits per heavy atom. The monoisotopic (exact) mass is 459 g/mol. The molecule has 0 bridgehead atoms. The molecule has 1 aromatic heterocycles. The van der Waals surface area contributed by atoms with Gasteiger partial charge in [0.05, 0.1) is 5.69 Å². The smallest absolute Gasteiger partial charge is 0.272 e. The van der Waals surface area contributed by atoms with Crippen LogP contribution in [0.2, 0.25) is 0 Å². The molecule has 0 aliphatic rings. The fourth-order valence-corrected chi connectivity index (χ4v) is 4.04. The van der Waals surface area contributed by atoms with E-state index >= 15 is 0 Å². The van der Waals surface area contributed by atoms with E-state index in [0.717, 1.165) is 23.5 Å². The molecule has 0 aliphatic heterocycles. The molecule has 2 aromatic rings. The maximum atomic E-state index is 13.7. The molecule has 5 N–H and O–H groups in total. The Morgan fingerprint density at radius 1 is 1.16 bits per heavy atom. The summed E-state index contributed by atoms with van der Waals surface area (Å²) in [6.45, 7) is 11.7. The van der Waals surface area contributed by atoms with E-state index in [-0.39, 0.29) is 28.1 Å². The minimum absolute atomic E-state index is 0.0674. The predicted octanol–water partition coefficient (Wildman–Crippen LogP) is 3.36. The largest absolute Gasteiger partial charge is 0.395 e. The van der Waals surface area contributed by atoms with E-state index < -0.39 is 23.4 Å². The molecule has 0 saturated carbocycles. The van der Waals surface area contributed by atoms with Crippen molar-refractivity contribution in [3.8, 4) is 0 Å². The summed E-state index contributed by atoms with van der Waals surface area (Å²) in [5.74, 6) is -1.43. The van der Waals surface area contributed by atoms with E-state index in [2.05, 4.69) is 9.69 Å². The van der Waals surface area contributed by atoms with Gasteiger partial charge in [-0.3, -0.25) is 19.3 Å². The molecule has 3 amide bonds. The number of primary amides is 1. The minimum Gasteiger partial charge on any atom is -0.395 e. The Bertz CT molecular complexity index is 977. The van der Waals surface area contributed by atoms with E-state index in [1.54, 1.807) is 0 Å². The third-order valence-electron chi connectivity index (χ3n) is 4.80. The lowest BCUT2D eigenvalue weighted by Crippen LogP contribution is -2.54. The third kappa shape index (κ3) is 6.06. The van der Waals surface area contributed by atoms with Crippen molar-refractivity contribution in [2.24, 2.45) is 11.7 Å². The summed E-state index contributed by atoms with van der Waals surface area (Å²) in [6, 6.07) is 6.71. The number of nitrogen functional groups attached to an aromatic ring is 1. The number of benzene rings is 1. The first-order valence-electron chi connectivity index (χ1n) is 10.6. The fourth-order valence-electron chi connectivity index (χ4n) is 3.30. The third-order valence-corrected chi connectivity index (χ3v) is 5.66. The highest BCUT2D eigenvalue weighted by Gasteiger charge is 2.36. The van der Waals surface area contributed by atoms with E-state index in [4.69, 9.17) is 11.5 Å². The molecule has 0 radical (unpaired) electrons. The molecule has 0 spiro atoms. The first-order valence-corrected chi connectivity index (χ1v) is 11.4. The number of amides is 3. The van der Waals surface area contributed by atoms with Crippen molar-refractivity contribution in [1.29, 1.82) is 0 Å². The van der Waals surface area contributed by atoms with Gasteiger partial charge in [-0.1, -0.05) is 32.9 Å². The first kappa shape index (κ1) is 25.3. The molecule has 1 aromatic carbocycles. The van der Waals surface area contributed by atoms with Crippen LogP contribution in [0.4, 0.5) is 11.4 Å². The molecular weight excluding hydrogens is 426 g/mol. The maximum absolute atomic E-state index is 13.7. The van der Waals surface area contributed by atoms with Crippen LogP contribution in [0.5, 0.6) is 0 Å². The van der Waals surface area contributed by atoms with Crippen molar-refractivity contribution in [1.82, 2.24) is 9.69 Å². The van der Waals surface area contributed by atoms with Crippen LogP contribution in [-0.4, -0.2) is 33.7 Å². The molecule has 0 fully saturated rings. The Morgan fingerprint density at radius 2 is 1.75 bits per heavy atom. The second kappa shape index (κ2) is 10.1. The Balaban J connectivity index is 2.62. The number of rotatable bonds is 8. The number of nitrogens with zero attached hydrogens (tertiary/aromatic N) is 2. The zero-order valence-corrected chi connectivity index (χ0v) is 20.4. The van der Waals surface area contributed by atoms with Crippen LogP contribution in [-0.2, 0) is 11.2 Å². The van der Waals surface area contributed by atoms with E-state index in [1.807, 2.05) is 65.8 Å². The van der Waals surface area contributed by atoms with Gasteiger partial charge in [0.15, 0.2) is 5.69 Å². The maximum Gasteiger partial charge on any atom is 0.272 e. The zero-order valence-electron chi connectivity index (χ0n) is 19.6. The lowest BCUT2D eigenvalue weighted by molar-refractivity contribution is -0.124. The van der Waals surface area contributed by atoms with Crippen LogP contribution in [0, 0.1) is 5.92 Å². The van der Waals surface area contributed by atoms with Crippen LogP contribution < -0.4 is 21.7 Å². The lowest BCUT2D eigenvalue weighted by Gasteiger charge is -2.34. The summed E-state index contributed by atoms with van der Waals surface area (Å²) in [5.41, 5.74) is 12.4. The number of aromatic nitrogens is 1. The average molecular weight is 460 g/mol. The summed E-state index contributed by atoms with van der Waals surface area (Å²) >= 11 is 0.806. The van der Waals surface area contributed by atoms with Crippen LogP contribution in [0.1, 0.15) is 73.7 Å². The molecule has 0 aliphatic carbocycles. The number of carbonyl (C=O) groups excluding carboxylic acids is 3. The highest BCUT2D eigenvalue weighted by Crippen LogP contribution is 2.29. The van der Waals surface area contributed by atoms with Crippen molar-refractivity contribution in [3.63, 3.8) is 0 Å². The average Bonchev–Trinajstić information content (AvgIpc) is 3.07. The van der Waals surface area contributed by atoms with Gasteiger partial charge in [0.2, 0.25) is 5.91 Å². The van der Waals surface area contributed by atoms with Gasteiger partial charge in [0, 0.05) is 11.2 Å². The molecule has 1 atom stereocenters. The minimum atomic E-state index is -0.805. The highest BCUT2D eigenvalue weighted by molar-refractivity contribution is 7.09. The zero-order chi connectivity index (χ0) is 24.2. The normalized spacial score (nSPS) is 12.5. The number of anilines is 2. The predicted molar refractivity (Wildman–Crippen MR) is 129 cm³/mol. The Hall–Kier alpha value is -2.94. The van der Waals surface area contributed by atoms with Crippen molar-refractivity contribution in [3.05, 3.63) is 40.4 Å². The summed E-state index contributed by atoms with van der Waals surface area (Å²) in [5, 5.41) is 2.99. The van der Waals surface area contributed by atoms with Crippen molar-refractivity contribution >= 4 is 40.6 Å². The van der Waals surface area contributed by atoms with Crippen LogP contribution >= 0.6 is 11.5 Å². The molecule has 9 heteroatoms. The van der Waals surface area contributed by atoms with E-state index in [0.29, 0.717) is 12.1 Å². The van der Waals surface area contributed by atoms with Crippen LogP contribution in [0.25, 0.3) is 0 Å². The van der Waals surface area contributed by atoms with Gasteiger partial charge in [0.25, 0.3) is 11.8 Å². The van der Waals surface area contributed by atoms with Gasteiger partial charge in [-0.25, -0.2) is 0 Å². The van der Waals surface area contributed by atoms with Gasteiger partial charge in [-0.15, -0.1) is 0 Å². The molecule has 0 saturated heterocycles. The number of carbonyl (C=O) groups is 3. The molecule has 174 valence electrons. The van der Waals surface area contributed by atoms with Crippen molar-refractivity contribution in [2.45, 2.75) is 66.0 Å². The molecule has 8 nitrogen and oxygen atoms in total. The summed E-state index contributed by atoms with van der Waals surface area (Å²) in [6.07, 6.45) is 1.28.